The van der Waals surface area contributed by atoms with Crippen LogP contribution in [0.15, 0.2) is 24.3 Å². The number of nitrogens with zero attached hydrogens (tertiary/aromatic N) is 2. The lowest BCUT2D eigenvalue weighted by molar-refractivity contribution is -0.134. The number of hydrogen-bond donors (Lipinski definition) is 3. The summed E-state index contributed by atoms with van der Waals surface area (Å²) in [6, 6.07) is 8.65. The Hall–Kier alpha value is -2.12. The summed E-state index contributed by atoms with van der Waals surface area (Å²) in [5.41, 5.74) is 8.32. The molecular weight excluding hydrogens is 486 g/mol. The summed E-state index contributed by atoms with van der Waals surface area (Å²) in [6.07, 6.45) is 17.7. The van der Waals surface area contributed by atoms with Crippen LogP contribution in [0.5, 0.6) is 0 Å². The molecule has 1 aromatic carbocycles. The molecule has 39 heavy (non-hydrogen) atoms. The molecule has 0 spiro atoms. The average molecular weight is 538 g/mol. The van der Waals surface area contributed by atoms with Gasteiger partial charge in [-0.1, -0.05) is 102 Å². The van der Waals surface area contributed by atoms with Crippen LogP contribution < -0.4 is 16.4 Å². The normalized spacial score (nSPS) is 28.9. The van der Waals surface area contributed by atoms with E-state index in [1.807, 2.05) is 9.80 Å². The fourth-order valence-electron chi connectivity index (χ4n) is 7.71. The van der Waals surface area contributed by atoms with E-state index in [-0.39, 0.29) is 18.0 Å². The lowest BCUT2D eigenvalue weighted by Crippen LogP contribution is -2.51. The summed E-state index contributed by atoms with van der Waals surface area (Å²) in [5, 5.41) is 6.74. The van der Waals surface area contributed by atoms with Crippen molar-refractivity contribution in [3.05, 3.63) is 35.4 Å². The molecule has 4 aliphatic rings. The Morgan fingerprint density at radius 1 is 0.872 bits per heavy atom. The number of carbonyl (C=O) groups excluding carboxylic acids is 2. The second-order valence-electron chi connectivity index (χ2n) is 13.0. The number of urea groups is 1. The molecule has 0 radical (unpaired) electrons. The van der Waals surface area contributed by atoms with Crippen molar-refractivity contribution in [2.75, 3.05) is 6.54 Å². The Kier molecular flexibility index (Phi) is 9.49. The Bertz CT molecular complexity index is 956. The molecule has 2 aliphatic heterocycles. The minimum absolute atomic E-state index is 0.0276. The van der Waals surface area contributed by atoms with E-state index in [1.54, 1.807) is 0 Å². The highest BCUT2D eigenvalue weighted by atomic mass is 16.2. The molecule has 7 heteroatoms. The van der Waals surface area contributed by atoms with Gasteiger partial charge >= 0.3 is 6.03 Å². The highest BCUT2D eigenvalue weighted by Crippen LogP contribution is 2.39. The van der Waals surface area contributed by atoms with Gasteiger partial charge in [-0.2, -0.15) is 0 Å². The fourth-order valence-corrected chi connectivity index (χ4v) is 7.71. The molecule has 1 aromatic rings. The molecule has 4 N–H and O–H groups in total. The first-order chi connectivity index (χ1) is 19.0. The summed E-state index contributed by atoms with van der Waals surface area (Å²) in [6.45, 7) is 4.05. The zero-order chi connectivity index (χ0) is 27.2. The van der Waals surface area contributed by atoms with Crippen LogP contribution in [0, 0.1) is 11.8 Å². The van der Waals surface area contributed by atoms with Gasteiger partial charge < -0.3 is 15.1 Å². The smallest absolute Gasteiger partial charge is 0.318 e. The van der Waals surface area contributed by atoms with Gasteiger partial charge in [-0.25, -0.2) is 4.79 Å². The Labute approximate surface area is 235 Å². The number of carbonyl (C=O) groups is 2. The third kappa shape index (κ3) is 6.97. The summed E-state index contributed by atoms with van der Waals surface area (Å²) >= 11 is 0. The minimum Gasteiger partial charge on any atom is -0.333 e. The van der Waals surface area contributed by atoms with Crippen LogP contribution in [0.3, 0.4) is 0 Å². The summed E-state index contributed by atoms with van der Waals surface area (Å²) < 4.78 is 0. The molecule has 5 rings (SSSR count). The maximum Gasteiger partial charge on any atom is 0.318 e. The number of rotatable bonds is 11. The predicted octanol–water partition coefficient (Wildman–Crippen LogP) is 5.62. The van der Waals surface area contributed by atoms with Crippen LogP contribution in [0.25, 0.3) is 0 Å². The van der Waals surface area contributed by atoms with Crippen LogP contribution in [0.4, 0.5) is 4.79 Å². The SMILES string of the molecule is CCC[C@H]1CN(Cc2ccc(CN3C(=O)[C@@](CCC4CCCCC4)(CC4CCCCC4)NC3N)cc2)C(=O)N1. The first-order valence-electron chi connectivity index (χ1n) is 15.9. The van der Waals surface area contributed by atoms with Gasteiger partial charge in [0, 0.05) is 25.7 Å². The van der Waals surface area contributed by atoms with E-state index in [0.29, 0.717) is 19.0 Å². The lowest BCUT2D eigenvalue weighted by atomic mass is 9.75. The molecule has 3 atom stereocenters. The molecular formula is C32H51N5O2. The second kappa shape index (κ2) is 13.0. The van der Waals surface area contributed by atoms with Crippen molar-refractivity contribution >= 4 is 11.9 Å². The van der Waals surface area contributed by atoms with Crippen LogP contribution in [0.1, 0.15) is 114 Å². The van der Waals surface area contributed by atoms with Crippen molar-refractivity contribution in [2.45, 2.75) is 134 Å². The van der Waals surface area contributed by atoms with Crippen molar-refractivity contribution in [2.24, 2.45) is 17.6 Å². The first kappa shape index (κ1) is 28.4. The molecule has 0 bridgehead atoms. The summed E-state index contributed by atoms with van der Waals surface area (Å²) in [5.74, 6) is 1.58. The maximum atomic E-state index is 14.1. The highest BCUT2D eigenvalue weighted by molar-refractivity contribution is 5.88. The highest BCUT2D eigenvalue weighted by Gasteiger charge is 2.50. The van der Waals surface area contributed by atoms with Crippen molar-refractivity contribution in [1.29, 1.82) is 0 Å². The van der Waals surface area contributed by atoms with Gasteiger partial charge in [-0.3, -0.25) is 15.8 Å². The van der Waals surface area contributed by atoms with Gasteiger partial charge in [-0.15, -0.1) is 0 Å². The van der Waals surface area contributed by atoms with E-state index < -0.39 is 11.8 Å². The number of nitrogens with two attached hydrogens (primary N) is 1. The van der Waals surface area contributed by atoms with Gasteiger partial charge in [0.15, 0.2) is 0 Å². The van der Waals surface area contributed by atoms with Crippen molar-refractivity contribution in [3.8, 4) is 0 Å². The van der Waals surface area contributed by atoms with Crippen molar-refractivity contribution in [1.82, 2.24) is 20.4 Å². The van der Waals surface area contributed by atoms with Crippen molar-refractivity contribution in [3.63, 3.8) is 0 Å². The number of hydrogen-bond acceptors (Lipinski definition) is 4. The van der Waals surface area contributed by atoms with Gasteiger partial charge in [-0.05, 0) is 48.6 Å². The largest absolute Gasteiger partial charge is 0.333 e. The average Bonchev–Trinajstić information content (AvgIpc) is 3.40. The van der Waals surface area contributed by atoms with Crippen LogP contribution in [-0.2, 0) is 17.9 Å². The number of amides is 3. The van der Waals surface area contributed by atoms with E-state index in [0.717, 1.165) is 55.7 Å². The quantitative estimate of drug-likeness (QED) is 0.342. The van der Waals surface area contributed by atoms with E-state index in [2.05, 4.69) is 41.8 Å². The fraction of sp³-hybridized carbons (Fsp3) is 0.750. The molecule has 0 aromatic heterocycles. The number of benzene rings is 1. The molecule has 2 aliphatic carbocycles. The Morgan fingerprint density at radius 2 is 1.49 bits per heavy atom. The third-order valence-corrected chi connectivity index (χ3v) is 9.94. The third-order valence-electron chi connectivity index (χ3n) is 9.94. The maximum absolute atomic E-state index is 14.1. The van der Waals surface area contributed by atoms with Crippen molar-refractivity contribution < 1.29 is 9.59 Å². The molecule has 4 fully saturated rings. The van der Waals surface area contributed by atoms with Gasteiger partial charge in [0.05, 0.1) is 0 Å². The molecule has 7 nitrogen and oxygen atoms in total. The topological polar surface area (TPSA) is 90.7 Å². The summed E-state index contributed by atoms with van der Waals surface area (Å²) in [4.78, 5) is 30.2. The first-order valence-corrected chi connectivity index (χ1v) is 15.9. The van der Waals surface area contributed by atoms with Gasteiger partial charge in [0.2, 0.25) is 5.91 Å². The van der Waals surface area contributed by atoms with E-state index >= 15 is 0 Å². The Morgan fingerprint density at radius 3 is 2.13 bits per heavy atom. The van der Waals surface area contributed by atoms with E-state index in [9.17, 15) is 9.59 Å². The standard InChI is InChI=1S/C32H51N5O2/c1-2-9-28-23-36(31(39)34-28)21-26-14-16-27(17-15-26)22-37-29(38)32(35-30(37)33,20-25-12-7-4-8-13-25)19-18-24-10-5-3-6-11-24/h14-17,24-25,28,30,35H,2-13,18-23,33H2,1H3,(H,34,39)/t28-,30?,32+/m0/s1. The zero-order valence-corrected chi connectivity index (χ0v) is 24.1. The van der Waals surface area contributed by atoms with Gasteiger partial charge in [0.25, 0.3) is 0 Å². The van der Waals surface area contributed by atoms with Crippen LogP contribution in [0.2, 0.25) is 0 Å². The number of nitrogens with one attached hydrogen (secondary N) is 2. The minimum atomic E-state index is -0.517. The van der Waals surface area contributed by atoms with Gasteiger partial charge in [0.1, 0.15) is 11.8 Å². The second-order valence-corrected chi connectivity index (χ2v) is 13.0. The molecule has 2 saturated carbocycles. The molecule has 1 unspecified atom stereocenters. The molecule has 216 valence electrons. The summed E-state index contributed by atoms with van der Waals surface area (Å²) in [7, 11) is 0. The Balaban J connectivity index is 1.23. The molecule has 2 heterocycles. The van der Waals surface area contributed by atoms with E-state index in [1.165, 1.54) is 64.2 Å². The van der Waals surface area contributed by atoms with Crippen LogP contribution >= 0.6 is 0 Å². The molecule has 3 amide bonds. The van der Waals surface area contributed by atoms with E-state index in [4.69, 9.17) is 5.73 Å². The lowest BCUT2D eigenvalue weighted by Gasteiger charge is -2.35. The molecule has 2 saturated heterocycles. The zero-order valence-electron chi connectivity index (χ0n) is 24.1. The monoisotopic (exact) mass is 537 g/mol. The predicted molar refractivity (Wildman–Crippen MR) is 155 cm³/mol. The van der Waals surface area contributed by atoms with Crippen LogP contribution in [-0.4, -0.2) is 46.2 Å².